The number of amides is 2. The maximum atomic E-state index is 11.8. The monoisotopic (exact) mass is 346 g/mol. The molecule has 126 valence electrons. The van der Waals surface area contributed by atoms with Crippen molar-refractivity contribution in [3.8, 4) is 5.75 Å². The summed E-state index contributed by atoms with van der Waals surface area (Å²) in [6.45, 7) is 0.252. The van der Waals surface area contributed by atoms with Crippen molar-refractivity contribution in [3.63, 3.8) is 0 Å². The number of carbonyl (C=O) groups excluding carboxylic acids is 2. The summed E-state index contributed by atoms with van der Waals surface area (Å²) in [6.07, 6.45) is 0. The molecule has 0 aliphatic heterocycles. The molecule has 0 bridgehead atoms. The van der Waals surface area contributed by atoms with Gasteiger partial charge in [0.15, 0.2) is 6.61 Å². The molecule has 0 fully saturated rings. The summed E-state index contributed by atoms with van der Waals surface area (Å²) in [6, 6.07) is 14.1. The number of ether oxygens (including phenoxy) is 1. The number of halogens is 1. The average molecular weight is 347 g/mol. The van der Waals surface area contributed by atoms with Crippen molar-refractivity contribution in [2.24, 2.45) is 0 Å². The molecule has 24 heavy (non-hydrogen) atoms. The molecular formula is C18H19ClN2O3. The fraction of sp³-hybridized carbons (Fsp3) is 0.222. The van der Waals surface area contributed by atoms with E-state index in [9.17, 15) is 9.59 Å². The van der Waals surface area contributed by atoms with E-state index in [4.69, 9.17) is 16.3 Å². The van der Waals surface area contributed by atoms with Crippen LogP contribution in [0.25, 0.3) is 0 Å². The van der Waals surface area contributed by atoms with Crippen LogP contribution in [0.2, 0.25) is 5.02 Å². The third-order valence-electron chi connectivity index (χ3n) is 3.29. The summed E-state index contributed by atoms with van der Waals surface area (Å²) >= 11 is 5.96. The molecule has 0 aliphatic carbocycles. The van der Waals surface area contributed by atoms with E-state index in [0.717, 1.165) is 5.56 Å². The molecule has 1 N–H and O–H groups in total. The first-order valence-corrected chi connectivity index (χ1v) is 7.80. The van der Waals surface area contributed by atoms with E-state index in [1.807, 2.05) is 12.1 Å². The van der Waals surface area contributed by atoms with Gasteiger partial charge in [0.2, 0.25) is 0 Å². The molecule has 0 radical (unpaired) electrons. The summed E-state index contributed by atoms with van der Waals surface area (Å²) < 4.78 is 5.37. The van der Waals surface area contributed by atoms with E-state index in [1.165, 1.54) is 4.90 Å². The third-order valence-corrected chi connectivity index (χ3v) is 3.60. The van der Waals surface area contributed by atoms with Gasteiger partial charge in [-0.25, -0.2) is 0 Å². The van der Waals surface area contributed by atoms with Crippen LogP contribution in [0.3, 0.4) is 0 Å². The molecule has 6 heteroatoms. The van der Waals surface area contributed by atoms with E-state index in [-0.39, 0.29) is 18.4 Å². The Morgan fingerprint density at radius 1 is 1.08 bits per heavy atom. The predicted octanol–water partition coefficient (Wildman–Crippen LogP) is 2.74. The van der Waals surface area contributed by atoms with Gasteiger partial charge in [-0.15, -0.1) is 0 Å². The van der Waals surface area contributed by atoms with Crippen LogP contribution >= 0.6 is 11.6 Å². The maximum absolute atomic E-state index is 11.8. The molecule has 2 amide bonds. The number of carbonyl (C=O) groups is 2. The molecule has 0 spiro atoms. The van der Waals surface area contributed by atoms with E-state index < -0.39 is 0 Å². The minimum Gasteiger partial charge on any atom is -0.482 e. The summed E-state index contributed by atoms with van der Waals surface area (Å²) in [5.41, 5.74) is 1.51. The summed E-state index contributed by atoms with van der Waals surface area (Å²) in [5, 5.41) is 3.22. The second-order valence-corrected chi connectivity index (χ2v) is 5.80. The van der Waals surface area contributed by atoms with Crippen LogP contribution < -0.4 is 10.1 Å². The first-order chi connectivity index (χ1) is 11.5. The Bertz CT molecular complexity index is 714. The Balaban J connectivity index is 1.81. The molecule has 0 aromatic heterocycles. The zero-order valence-electron chi connectivity index (χ0n) is 13.6. The molecule has 2 aromatic rings. The summed E-state index contributed by atoms with van der Waals surface area (Å²) in [4.78, 5) is 25.1. The van der Waals surface area contributed by atoms with Gasteiger partial charge >= 0.3 is 0 Å². The Hall–Kier alpha value is -2.53. The number of hydrogen-bond donors (Lipinski definition) is 1. The summed E-state index contributed by atoms with van der Waals surface area (Å²) in [5.74, 6) is 0.169. The van der Waals surface area contributed by atoms with Gasteiger partial charge in [0.1, 0.15) is 5.75 Å². The minimum atomic E-state index is -0.247. The van der Waals surface area contributed by atoms with Crippen molar-refractivity contribution >= 4 is 23.4 Å². The number of nitrogens with one attached hydrogen (secondary N) is 1. The van der Waals surface area contributed by atoms with Gasteiger partial charge in [0.25, 0.3) is 11.8 Å². The SMILES string of the molecule is CN(C)C(=O)c1ccc(CNC(=O)COc2ccccc2Cl)cc1. The van der Waals surface area contributed by atoms with Crippen molar-refractivity contribution in [1.82, 2.24) is 10.2 Å². The Labute approximate surface area is 146 Å². The van der Waals surface area contributed by atoms with Crippen LogP contribution in [-0.4, -0.2) is 37.4 Å². The molecule has 0 unspecified atom stereocenters. The Morgan fingerprint density at radius 2 is 1.75 bits per heavy atom. The van der Waals surface area contributed by atoms with Crippen molar-refractivity contribution in [2.45, 2.75) is 6.54 Å². The number of nitrogens with zero attached hydrogens (tertiary/aromatic N) is 1. The molecule has 0 heterocycles. The van der Waals surface area contributed by atoms with Crippen LogP contribution in [0, 0.1) is 0 Å². The van der Waals surface area contributed by atoms with Gasteiger partial charge in [-0.3, -0.25) is 9.59 Å². The minimum absolute atomic E-state index is 0.0567. The lowest BCUT2D eigenvalue weighted by molar-refractivity contribution is -0.123. The van der Waals surface area contributed by atoms with Gasteiger partial charge in [0, 0.05) is 26.2 Å². The molecule has 0 atom stereocenters. The molecule has 5 nitrogen and oxygen atoms in total. The van der Waals surface area contributed by atoms with E-state index >= 15 is 0 Å². The Morgan fingerprint density at radius 3 is 2.38 bits per heavy atom. The van der Waals surface area contributed by atoms with Crippen LogP contribution in [0.15, 0.2) is 48.5 Å². The van der Waals surface area contributed by atoms with Crippen molar-refractivity contribution in [1.29, 1.82) is 0 Å². The highest BCUT2D eigenvalue weighted by atomic mass is 35.5. The first-order valence-electron chi connectivity index (χ1n) is 7.42. The standard InChI is InChI=1S/C18H19ClN2O3/c1-21(2)18(23)14-9-7-13(8-10-14)11-20-17(22)12-24-16-6-4-3-5-15(16)19/h3-10H,11-12H2,1-2H3,(H,20,22). The topological polar surface area (TPSA) is 58.6 Å². The normalized spacial score (nSPS) is 10.1. The first kappa shape index (κ1) is 17.8. The molecule has 0 saturated heterocycles. The molecule has 0 aliphatic rings. The zero-order valence-corrected chi connectivity index (χ0v) is 14.3. The van der Waals surface area contributed by atoms with E-state index in [1.54, 1.807) is 50.5 Å². The lowest BCUT2D eigenvalue weighted by Gasteiger charge is -2.11. The van der Waals surface area contributed by atoms with Crippen molar-refractivity contribution in [3.05, 3.63) is 64.7 Å². The van der Waals surface area contributed by atoms with Gasteiger partial charge in [-0.2, -0.15) is 0 Å². The lowest BCUT2D eigenvalue weighted by atomic mass is 10.1. The quantitative estimate of drug-likeness (QED) is 0.875. The maximum Gasteiger partial charge on any atom is 0.258 e. The number of hydrogen-bond acceptors (Lipinski definition) is 3. The highest BCUT2D eigenvalue weighted by Gasteiger charge is 2.08. The second-order valence-electron chi connectivity index (χ2n) is 5.39. The van der Waals surface area contributed by atoms with Crippen LogP contribution in [0.5, 0.6) is 5.75 Å². The molecule has 2 aromatic carbocycles. The van der Waals surface area contributed by atoms with Crippen LogP contribution in [-0.2, 0) is 11.3 Å². The number of benzene rings is 2. The zero-order chi connectivity index (χ0) is 17.5. The average Bonchev–Trinajstić information content (AvgIpc) is 2.59. The predicted molar refractivity (Wildman–Crippen MR) is 93.3 cm³/mol. The second kappa shape index (κ2) is 8.36. The molecular weight excluding hydrogens is 328 g/mol. The highest BCUT2D eigenvalue weighted by Crippen LogP contribution is 2.22. The van der Waals surface area contributed by atoms with Gasteiger partial charge in [-0.1, -0.05) is 35.9 Å². The highest BCUT2D eigenvalue weighted by molar-refractivity contribution is 6.32. The smallest absolute Gasteiger partial charge is 0.258 e. The van der Waals surface area contributed by atoms with Crippen LogP contribution in [0.4, 0.5) is 0 Å². The van der Waals surface area contributed by atoms with Crippen molar-refractivity contribution in [2.75, 3.05) is 20.7 Å². The van der Waals surface area contributed by atoms with Gasteiger partial charge < -0.3 is 15.0 Å². The fourth-order valence-corrected chi connectivity index (χ4v) is 2.17. The molecule has 2 rings (SSSR count). The number of para-hydroxylation sites is 1. The summed E-state index contributed by atoms with van der Waals surface area (Å²) in [7, 11) is 3.41. The van der Waals surface area contributed by atoms with Crippen LogP contribution in [0.1, 0.15) is 15.9 Å². The van der Waals surface area contributed by atoms with E-state index in [0.29, 0.717) is 22.9 Å². The molecule has 0 saturated carbocycles. The van der Waals surface area contributed by atoms with Crippen molar-refractivity contribution < 1.29 is 14.3 Å². The van der Waals surface area contributed by atoms with E-state index in [2.05, 4.69) is 5.32 Å². The third kappa shape index (κ3) is 4.99. The van der Waals surface area contributed by atoms with Gasteiger partial charge in [0.05, 0.1) is 5.02 Å². The Kier molecular flexibility index (Phi) is 6.21. The van der Waals surface area contributed by atoms with Gasteiger partial charge in [-0.05, 0) is 29.8 Å². The largest absolute Gasteiger partial charge is 0.482 e. The lowest BCUT2D eigenvalue weighted by Crippen LogP contribution is -2.28. The number of rotatable bonds is 6. The fourth-order valence-electron chi connectivity index (χ4n) is 1.98.